The standard InChI is InChI=1S/C20H26N2OS/c1-2-14-24-16-20(23)22-12-10-21(11-13-22)15-18-8-5-7-17-6-3-4-9-19(17)18/h3-9H,2,10-16H2,1H3. The summed E-state index contributed by atoms with van der Waals surface area (Å²) < 4.78 is 0. The number of hydrogen-bond donors (Lipinski definition) is 0. The molecular formula is C20H26N2OS. The van der Waals surface area contributed by atoms with E-state index in [1.54, 1.807) is 11.8 Å². The van der Waals surface area contributed by atoms with Crippen LogP contribution in [0, 0.1) is 0 Å². The van der Waals surface area contributed by atoms with Gasteiger partial charge >= 0.3 is 0 Å². The second-order valence-corrected chi connectivity index (χ2v) is 7.45. The van der Waals surface area contributed by atoms with Gasteiger partial charge < -0.3 is 4.90 Å². The van der Waals surface area contributed by atoms with Crippen molar-refractivity contribution in [1.82, 2.24) is 9.80 Å². The minimum absolute atomic E-state index is 0.304. The van der Waals surface area contributed by atoms with Gasteiger partial charge in [0, 0.05) is 32.7 Å². The lowest BCUT2D eigenvalue weighted by molar-refractivity contribution is -0.130. The SMILES string of the molecule is CCCSCC(=O)N1CCN(Cc2cccc3ccccc23)CC1. The number of piperazine rings is 1. The van der Waals surface area contributed by atoms with E-state index in [0.29, 0.717) is 11.7 Å². The van der Waals surface area contributed by atoms with E-state index < -0.39 is 0 Å². The zero-order valence-corrected chi connectivity index (χ0v) is 15.2. The Balaban J connectivity index is 1.54. The summed E-state index contributed by atoms with van der Waals surface area (Å²) in [5, 5.41) is 2.64. The van der Waals surface area contributed by atoms with E-state index in [2.05, 4.69) is 54.3 Å². The highest BCUT2D eigenvalue weighted by Gasteiger charge is 2.21. The molecular weight excluding hydrogens is 316 g/mol. The summed E-state index contributed by atoms with van der Waals surface area (Å²) in [4.78, 5) is 16.7. The van der Waals surface area contributed by atoms with E-state index in [1.807, 2.05) is 4.90 Å². The fourth-order valence-electron chi connectivity index (χ4n) is 3.22. The number of rotatable bonds is 6. The molecule has 1 aliphatic heterocycles. The lowest BCUT2D eigenvalue weighted by atomic mass is 10.0. The fraction of sp³-hybridized carbons (Fsp3) is 0.450. The van der Waals surface area contributed by atoms with Crippen LogP contribution < -0.4 is 0 Å². The summed E-state index contributed by atoms with van der Waals surface area (Å²) in [6, 6.07) is 15.1. The number of carbonyl (C=O) groups excluding carboxylic acids is 1. The number of thioether (sulfide) groups is 1. The predicted molar refractivity (Wildman–Crippen MR) is 103 cm³/mol. The van der Waals surface area contributed by atoms with Crippen molar-refractivity contribution >= 4 is 28.4 Å². The van der Waals surface area contributed by atoms with Gasteiger partial charge in [-0.15, -0.1) is 0 Å². The Kier molecular flexibility index (Phi) is 6.16. The summed E-state index contributed by atoms with van der Waals surface area (Å²) in [7, 11) is 0. The largest absolute Gasteiger partial charge is 0.339 e. The van der Waals surface area contributed by atoms with Gasteiger partial charge in [0.05, 0.1) is 5.75 Å². The maximum atomic E-state index is 12.2. The van der Waals surface area contributed by atoms with E-state index in [4.69, 9.17) is 0 Å². The molecule has 3 nitrogen and oxygen atoms in total. The Labute approximate surface area is 149 Å². The highest BCUT2D eigenvalue weighted by atomic mass is 32.2. The second-order valence-electron chi connectivity index (χ2n) is 6.35. The van der Waals surface area contributed by atoms with Crippen LogP contribution in [0.25, 0.3) is 10.8 Å². The molecule has 0 bridgehead atoms. The average Bonchev–Trinajstić information content (AvgIpc) is 2.63. The van der Waals surface area contributed by atoms with Crippen molar-refractivity contribution in [2.45, 2.75) is 19.9 Å². The Hall–Kier alpha value is -1.52. The van der Waals surface area contributed by atoms with Gasteiger partial charge in [-0.1, -0.05) is 49.4 Å². The van der Waals surface area contributed by atoms with Gasteiger partial charge in [-0.2, -0.15) is 11.8 Å². The monoisotopic (exact) mass is 342 g/mol. The molecule has 1 aliphatic rings. The number of benzene rings is 2. The molecule has 128 valence electrons. The van der Waals surface area contributed by atoms with E-state index in [0.717, 1.165) is 44.9 Å². The van der Waals surface area contributed by atoms with Crippen LogP contribution in [0.15, 0.2) is 42.5 Å². The molecule has 0 aromatic heterocycles. The van der Waals surface area contributed by atoms with Crippen LogP contribution in [-0.4, -0.2) is 53.4 Å². The summed E-state index contributed by atoms with van der Waals surface area (Å²) >= 11 is 1.76. The molecule has 1 heterocycles. The minimum atomic E-state index is 0.304. The summed E-state index contributed by atoms with van der Waals surface area (Å²) in [6.07, 6.45) is 1.14. The number of hydrogen-bond acceptors (Lipinski definition) is 3. The van der Waals surface area contributed by atoms with Gasteiger partial charge in [-0.25, -0.2) is 0 Å². The molecule has 0 atom stereocenters. The van der Waals surface area contributed by atoms with Crippen molar-refractivity contribution in [3.63, 3.8) is 0 Å². The van der Waals surface area contributed by atoms with Gasteiger partial charge in [-0.05, 0) is 28.5 Å². The van der Waals surface area contributed by atoms with Crippen molar-refractivity contribution in [2.75, 3.05) is 37.7 Å². The third kappa shape index (κ3) is 4.31. The number of fused-ring (bicyclic) bond motifs is 1. The molecule has 0 aliphatic carbocycles. The lowest BCUT2D eigenvalue weighted by Gasteiger charge is -2.35. The van der Waals surface area contributed by atoms with Crippen molar-refractivity contribution in [3.8, 4) is 0 Å². The van der Waals surface area contributed by atoms with Crippen molar-refractivity contribution < 1.29 is 4.79 Å². The van der Waals surface area contributed by atoms with E-state index in [-0.39, 0.29) is 0 Å². The third-order valence-corrected chi connectivity index (χ3v) is 5.72. The molecule has 0 saturated carbocycles. The smallest absolute Gasteiger partial charge is 0.232 e. The van der Waals surface area contributed by atoms with Gasteiger partial charge in [0.1, 0.15) is 0 Å². The topological polar surface area (TPSA) is 23.6 Å². The Bertz CT molecular complexity index is 675. The molecule has 2 aromatic rings. The van der Waals surface area contributed by atoms with Crippen LogP contribution in [0.2, 0.25) is 0 Å². The zero-order chi connectivity index (χ0) is 16.8. The molecule has 24 heavy (non-hydrogen) atoms. The second kappa shape index (κ2) is 8.54. The molecule has 1 fully saturated rings. The summed E-state index contributed by atoms with van der Waals surface area (Å²) in [5.74, 6) is 2.02. The molecule has 1 amide bonds. The third-order valence-electron chi connectivity index (χ3n) is 4.57. The number of carbonyl (C=O) groups is 1. The van der Waals surface area contributed by atoms with Crippen LogP contribution >= 0.6 is 11.8 Å². The van der Waals surface area contributed by atoms with Gasteiger partial charge in [0.2, 0.25) is 5.91 Å². The Morgan fingerprint density at radius 1 is 1.04 bits per heavy atom. The first kappa shape index (κ1) is 17.3. The molecule has 1 saturated heterocycles. The Morgan fingerprint density at radius 3 is 2.58 bits per heavy atom. The maximum Gasteiger partial charge on any atom is 0.232 e. The van der Waals surface area contributed by atoms with Crippen LogP contribution in [0.1, 0.15) is 18.9 Å². The van der Waals surface area contributed by atoms with Crippen LogP contribution in [0.4, 0.5) is 0 Å². The quantitative estimate of drug-likeness (QED) is 0.749. The zero-order valence-electron chi connectivity index (χ0n) is 14.4. The van der Waals surface area contributed by atoms with Crippen molar-refractivity contribution in [1.29, 1.82) is 0 Å². The van der Waals surface area contributed by atoms with Crippen LogP contribution in [0.3, 0.4) is 0 Å². The maximum absolute atomic E-state index is 12.2. The minimum Gasteiger partial charge on any atom is -0.339 e. The van der Waals surface area contributed by atoms with Crippen LogP contribution in [0.5, 0.6) is 0 Å². The molecule has 2 aromatic carbocycles. The summed E-state index contributed by atoms with van der Waals surface area (Å²) in [6.45, 7) is 6.77. The van der Waals surface area contributed by atoms with Gasteiger partial charge in [-0.3, -0.25) is 9.69 Å². The lowest BCUT2D eigenvalue weighted by Crippen LogP contribution is -2.48. The average molecular weight is 343 g/mol. The Morgan fingerprint density at radius 2 is 1.79 bits per heavy atom. The molecule has 0 radical (unpaired) electrons. The first-order chi connectivity index (χ1) is 11.8. The van der Waals surface area contributed by atoms with E-state index in [1.165, 1.54) is 16.3 Å². The molecule has 4 heteroatoms. The van der Waals surface area contributed by atoms with Crippen molar-refractivity contribution in [2.24, 2.45) is 0 Å². The van der Waals surface area contributed by atoms with Gasteiger partial charge in [0.25, 0.3) is 0 Å². The summed E-state index contributed by atoms with van der Waals surface area (Å²) in [5.41, 5.74) is 1.38. The van der Waals surface area contributed by atoms with Crippen molar-refractivity contribution in [3.05, 3.63) is 48.0 Å². The normalized spacial score (nSPS) is 15.8. The predicted octanol–water partition coefficient (Wildman–Crippen LogP) is 3.63. The molecule has 3 rings (SSSR count). The molecule has 0 N–H and O–H groups in total. The first-order valence-corrected chi connectivity index (χ1v) is 9.98. The fourth-order valence-corrected chi connectivity index (χ4v) is 4.01. The van der Waals surface area contributed by atoms with Crippen LogP contribution in [-0.2, 0) is 11.3 Å². The number of nitrogens with zero attached hydrogens (tertiary/aromatic N) is 2. The molecule has 0 unspecified atom stereocenters. The van der Waals surface area contributed by atoms with E-state index in [9.17, 15) is 4.79 Å². The highest BCUT2D eigenvalue weighted by Crippen LogP contribution is 2.20. The first-order valence-electron chi connectivity index (χ1n) is 8.82. The van der Waals surface area contributed by atoms with Gasteiger partial charge in [0.15, 0.2) is 0 Å². The highest BCUT2D eigenvalue weighted by molar-refractivity contribution is 7.99. The number of amides is 1. The molecule has 0 spiro atoms. The van der Waals surface area contributed by atoms with E-state index >= 15 is 0 Å².